The second-order valence-electron chi connectivity index (χ2n) is 7.54. The zero-order chi connectivity index (χ0) is 21.6. The van der Waals surface area contributed by atoms with E-state index in [1.807, 2.05) is 55.5 Å². The Balaban J connectivity index is 1.35. The summed E-state index contributed by atoms with van der Waals surface area (Å²) in [6, 6.07) is 15.3. The first-order chi connectivity index (χ1) is 15.1. The average molecular weight is 485 g/mol. The highest BCUT2D eigenvalue weighted by atomic mass is 79.9. The van der Waals surface area contributed by atoms with Crippen LogP contribution in [0.25, 0.3) is 11.4 Å². The molecule has 7 nitrogen and oxygen atoms in total. The van der Waals surface area contributed by atoms with Crippen LogP contribution in [-0.2, 0) is 11.3 Å². The highest BCUT2D eigenvalue weighted by Gasteiger charge is 2.27. The largest absolute Gasteiger partial charge is 0.494 e. The van der Waals surface area contributed by atoms with Crippen molar-refractivity contribution in [3.63, 3.8) is 0 Å². The Morgan fingerprint density at radius 1 is 1.29 bits per heavy atom. The van der Waals surface area contributed by atoms with Gasteiger partial charge in [-0.2, -0.15) is 4.98 Å². The molecule has 1 fully saturated rings. The molecule has 2 heterocycles. The van der Waals surface area contributed by atoms with E-state index < -0.39 is 0 Å². The molecule has 1 atom stereocenters. The number of hydrogen-bond donors (Lipinski definition) is 1. The number of hydrogen-bond acceptors (Lipinski definition) is 6. The fourth-order valence-electron chi connectivity index (χ4n) is 3.71. The van der Waals surface area contributed by atoms with Crippen molar-refractivity contribution in [1.82, 2.24) is 15.0 Å². The lowest BCUT2D eigenvalue weighted by Crippen LogP contribution is -2.40. The molecule has 3 aromatic rings. The molecule has 1 saturated heterocycles. The molecule has 2 aromatic carbocycles. The molecule has 1 amide bonds. The van der Waals surface area contributed by atoms with E-state index >= 15 is 0 Å². The van der Waals surface area contributed by atoms with Gasteiger partial charge in [-0.3, -0.25) is 9.69 Å². The fraction of sp³-hybridized carbons (Fsp3) is 0.348. The van der Waals surface area contributed by atoms with Crippen LogP contribution in [-0.4, -0.2) is 40.6 Å². The molecule has 0 spiro atoms. The lowest BCUT2D eigenvalue weighted by Gasteiger charge is -2.30. The van der Waals surface area contributed by atoms with Crippen molar-refractivity contribution in [3.05, 3.63) is 58.9 Å². The molecule has 0 radical (unpaired) electrons. The van der Waals surface area contributed by atoms with E-state index in [0.29, 0.717) is 31.4 Å². The third-order valence-electron chi connectivity index (χ3n) is 5.22. The summed E-state index contributed by atoms with van der Waals surface area (Å²) in [7, 11) is 0. The predicted octanol–water partition coefficient (Wildman–Crippen LogP) is 4.75. The zero-order valence-corrected chi connectivity index (χ0v) is 19.0. The summed E-state index contributed by atoms with van der Waals surface area (Å²) in [5.74, 6) is 1.83. The molecular formula is C23H25BrN4O3. The number of halogens is 1. The Labute approximate surface area is 189 Å². The van der Waals surface area contributed by atoms with Gasteiger partial charge in [-0.05, 0) is 62.7 Å². The second kappa shape index (κ2) is 10.1. The molecular weight excluding hydrogens is 460 g/mol. The first-order valence-electron chi connectivity index (χ1n) is 10.5. The minimum atomic E-state index is -0.0848. The number of rotatable bonds is 7. The molecule has 8 heteroatoms. The maximum absolute atomic E-state index is 12.8. The molecule has 4 rings (SSSR count). The quantitative estimate of drug-likeness (QED) is 0.521. The summed E-state index contributed by atoms with van der Waals surface area (Å²) in [5.41, 5.74) is 1.66. The first kappa shape index (κ1) is 21.5. The standard InChI is InChI=1S/C23H25BrN4O3/c1-2-30-20-7-3-6-19(13-20)25-23(29)17-5-4-12-28(14-17)15-21-26-22(27-31-21)16-8-10-18(24)11-9-16/h3,6-11,13,17H,2,4-5,12,14-15H2,1H3,(H,25,29). The number of carbonyl (C=O) groups excluding carboxylic acids is 1. The van der Waals surface area contributed by atoms with Gasteiger partial charge in [0.1, 0.15) is 5.75 Å². The molecule has 31 heavy (non-hydrogen) atoms. The minimum Gasteiger partial charge on any atom is -0.494 e. The van der Waals surface area contributed by atoms with E-state index in [0.717, 1.165) is 40.9 Å². The SMILES string of the molecule is CCOc1cccc(NC(=O)C2CCCN(Cc3nc(-c4ccc(Br)cc4)no3)C2)c1. The molecule has 1 aliphatic rings. The van der Waals surface area contributed by atoms with Crippen molar-refractivity contribution in [3.8, 4) is 17.1 Å². The summed E-state index contributed by atoms with van der Waals surface area (Å²) in [5, 5.41) is 7.12. The third kappa shape index (κ3) is 5.71. The van der Waals surface area contributed by atoms with E-state index in [-0.39, 0.29) is 11.8 Å². The molecule has 0 saturated carbocycles. The van der Waals surface area contributed by atoms with Crippen LogP contribution < -0.4 is 10.1 Å². The maximum atomic E-state index is 12.8. The van der Waals surface area contributed by atoms with E-state index in [4.69, 9.17) is 9.26 Å². The number of benzene rings is 2. The summed E-state index contributed by atoms with van der Waals surface area (Å²) in [6.07, 6.45) is 1.81. The number of carbonyl (C=O) groups is 1. The van der Waals surface area contributed by atoms with E-state index in [9.17, 15) is 4.79 Å². The number of likely N-dealkylation sites (tertiary alicyclic amines) is 1. The molecule has 0 aliphatic carbocycles. The normalized spacial score (nSPS) is 16.8. The van der Waals surface area contributed by atoms with Gasteiger partial charge in [0, 0.05) is 28.3 Å². The minimum absolute atomic E-state index is 0.0272. The van der Waals surface area contributed by atoms with Crippen LogP contribution in [0, 0.1) is 5.92 Å². The van der Waals surface area contributed by atoms with Crippen molar-refractivity contribution < 1.29 is 14.1 Å². The van der Waals surface area contributed by atoms with Crippen molar-refractivity contribution in [2.75, 3.05) is 25.0 Å². The van der Waals surface area contributed by atoms with E-state index in [1.165, 1.54) is 0 Å². The molecule has 1 aromatic heterocycles. The summed E-state index contributed by atoms with van der Waals surface area (Å²) in [6.45, 7) is 4.63. The number of anilines is 1. The number of ether oxygens (including phenoxy) is 1. The highest BCUT2D eigenvalue weighted by Crippen LogP contribution is 2.23. The Kier molecular flexibility index (Phi) is 6.99. The van der Waals surface area contributed by atoms with Gasteiger partial charge in [-0.15, -0.1) is 0 Å². The summed E-state index contributed by atoms with van der Waals surface area (Å²) >= 11 is 3.43. The van der Waals surface area contributed by atoms with Gasteiger partial charge in [0.05, 0.1) is 19.1 Å². The molecule has 1 N–H and O–H groups in total. The zero-order valence-electron chi connectivity index (χ0n) is 17.4. The third-order valence-corrected chi connectivity index (χ3v) is 5.75. The van der Waals surface area contributed by atoms with Gasteiger partial charge in [-0.25, -0.2) is 0 Å². The molecule has 0 bridgehead atoms. The molecule has 1 unspecified atom stereocenters. The Morgan fingerprint density at radius 3 is 2.94 bits per heavy atom. The predicted molar refractivity (Wildman–Crippen MR) is 122 cm³/mol. The lowest BCUT2D eigenvalue weighted by molar-refractivity contribution is -0.121. The summed E-state index contributed by atoms with van der Waals surface area (Å²) in [4.78, 5) is 19.5. The smallest absolute Gasteiger partial charge is 0.241 e. The summed E-state index contributed by atoms with van der Waals surface area (Å²) < 4.78 is 12.0. The maximum Gasteiger partial charge on any atom is 0.241 e. The van der Waals surface area contributed by atoms with Crippen LogP contribution >= 0.6 is 15.9 Å². The second-order valence-corrected chi connectivity index (χ2v) is 8.46. The number of amides is 1. The number of aromatic nitrogens is 2. The first-order valence-corrected chi connectivity index (χ1v) is 11.2. The number of nitrogens with one attached hydrogen (secondary N) is 1. The number of nitrogens with zero attached hydrogens (tertiary/aromatic N) is 3. The highest BCUT2D eigenvalue weighted by molar-refractivity contribution is 9.10. The van der Waals surface area contributed by atoms with Crippen molar-refractivity contribution in [2.24, 2.45) is 5.92 Å². The van der Waals surface area contributed by atoms with Crippen molar-refractivity contribution >= 4 is 27.5 Å². The van der Waals surface area contributed by atoms with Crippen LogP contribution in [0.1, 0.15) is 25.7 Å². The Morgan fingerprint density at radius 2 is 2.13 bits per heavy atom. The van der Waals surface area contributed by atoms with E-state index in [2.05, 4.69) is 36.3 Å². The van der Waals surface area contributed by atoms with Crippen LogP contribution in [0.2, 0.25) is 0 Å². The van der Waals surface area contributed by atoms with Gasteiger partial charge in [0.25, 0.3) is 0 Å². The average Bonchev–Trinajstić information content (AvgIpc) is 3.23. The molecule has 1 aliphatic heterocycles. The van der Waals surface area contributed by atoms with Crippen LogP contribution in [0.4, 0.5) is 5.69 Å². The topological polar surface area (TPSA) is 80.5 Å². The Hall–Kier alpha value is -2.71. The van der Waals surface area contributed by atoms with Crippen LogP contribution in [0.5, 0.6) is 5.75 Å². The van der Waals surface area contributed by atoms with Gasteiger partial charge < -0.3 is 14.6 Å². The molecule has 162 valence electrons. The van der Waals surface area contributed by atoms with Gasteiger partial charge in [-0.1, -0.05) is 27.2 Å². The van der Waals surface area contributed by atoms with Crippen molar-refractivity contribution in [1.29, 1.82) is 0 Å². The van der Waals surface area contributed by atoms with Gasteiger partial charge in [0.2, 0.25) is 17.6 Å². The lowest BCUT2D eigenvalue weighted by atomic mass is 9.97. The number of piperidine rings is 1. The van der Waals surface area contributed by atoms with Gasteiger partial charge in [0.15, 0.2) is 0 Å². The monoisotopic (exact) mass is 484 g/mol. The van der Waals surface area contributed by atoms with Crippen LogP contribution in [0.15, 0.2) is 57.5 Å². The fourth-order valence-corrected chi connectivity index (χ4v) is 3.98. The Bertz CT molecular complexity index is 1020. The van der Waals surface area contributed by atoms with Crippen LogP contribution in [0.3, 0.4) is 0 Å². The van der Waals surface area contributed by atoms with Gasteiger partial charge >= 0.3 is 0 Å². The van der Waals surface area contributed by atoms with Crippen molar-refractivity contribution in [2.45, 2.75) is 26.3 Å². The van der Waals surface area contributed by atoms with E-state index in [1.54, 1.807) is 0 Å².